The van der Waals surface area contributed by atoms with Gasteiger partial charge in [-0.25, -0.2) is 0 Å². The first-order valence-corrected chi connectivity index (χ1v) is 3.43. The largest absolute Gasteiger partial charge is 0.352 e. The molecule has 0 aliphatic rings. The molecule has 0 heterocycles. The van der Waals surface area contributed by atoms with Crippen LogP contribution >= 0.6 is 9.03 Å². The molecule has 0 rings (SSSR count). The second-order valence-electron chi connectivity index (χ2n) is 2.94. The molecular weight excluding hydrogens is 123 g/mol. The molecule has 0 aromatic heterocycles. The minimum absolute atomic E-state index is 0.176. The number of hydrogen-bond acceptors (Lipinski definition) is 2. The van der Waals surface area contributed by atoms with Gasteiger partial charge < -0.3 is 9.42 Å². The van der Waals surface area contributed by atoms with E-state index in [0.717, 1.165) is 0 Å². The molecule has 0 fully saturated rings. The predicted molar refractivity (Wildman–Crippen MR) is 35.9 cm³/mol. The van der Waals surface area contributed by atoms with Crippen molar-refractivity contribution in [2.75, 3.05) is 6.61 Å². The molecule has 0 bridgehead atoms. The standard InChI is InChI=1S/C5H13O2P/c1-5(2,3)4-7-8-6/h6,8H,4H2,1-3H3. The minimum Gasteiger partial charge on any atom is -0.352 e. The maximum atomic E-state index is 8.24. The average Bonchev–Trinajstić information content (AvgIpc) is 1.59. The fourth-order valence-corrected chi connectivity index (χ4v) is 0.746. The molecule has 0 aromatic rings. The van der Waals surface area contributed by atoms with Crippen LogP contribution in [0.25, 0.3) is 0 Å². The SMILES string of the molecule is CC(C)(C)COPO. The fraction of sp³-hybridized carbons (Fsp3) is 1.00. The number of hydrogen-bond donors (Lipinski definition) is 1. The van der Waals surface area contributed by atoms with Gasteiger partial charge in [0.25, 0.3) is 0 Å². The highest BCUT2D eigenvalue weighted by atomic mass is 31.1. The molecule has 0 amide bonds. The Morgan fingerprint density at radius 2 is 2.00 bits per heavy atom. The quantitative estimate of drug-likeness (QED) is 0.583. The Bertz CT molecular complexity index is 57.9. The Morgan fingerprint density at radius 1 is 1.50 bits per heavy atom. The van der Waals surface area contributed by atoms with Crippen LogP contribution in [0.15, 0.2) is 0 Å². The van der Waals surface area contributed by atoms with Crippen molar-refractivity contribution in [1.29, 1.82) is 0 Å². The van der Waals surface area contributed by atoms with E-state index in [-0.39, 0.29) is 14.4 Å². The molecule has 0 spiro atoms. The third-order valence-electron chi connectivity index (χ3n) is 0.570. The summed E-state index contributed by atoms with van der Waals surface area (Å²) in [6.45, 7) is 6.81. The predicted octanol–water partition coefficient (Wildman–Crippen LogP) is 1.55. The van der Waals surface area contributed by atoms with Crippen molar-refractivity contribution in [2.45, 2.75) is 20.8 Å². The van der Waals surface area contributed by atoms with Crippen LogP contribution in [0.4, 0.5) is 0 Å². The highest BCUT2D eigenvalue weighted by molar-refractivity contribution is 7.24. The van der Waals surface area contributed by atoms with E-state index in [0.29, 0.717) is 6.61 Å². The van der Waals surface area contributed by atoms with Crippen molar-refractivity contribution in [3.8, 4) is 0 Å². The van der Waals surface area contributed by atoms with Crippen LogP contribution in [-0.4, -0.2) is 11.5 Å². The molecule has 0 aliphatic carbocycles. The molecular formula is C5H13O2P. The van der Waals surface area contributed by atoms with Crippen molar-refractivity contribution >= 4 is 9.03 Å². The Balaban J connectivity index is 3.11. The van der Waals surface area contributed by atoms with E-state index in [4.69, 9.17) is 9.42 Å². The summed E-state index contributed by atoms with van der Waals surface area (Å²) in [4.78, 5) is 8.24. The van der Waals surface area contributed by atoms with Crippen molar-refractivity contribution in [1.82, 2.24) is 0 Å². The normalized spacial score (nSPS) is 13.5. The fourth-order valence-electron chi connectivity index (χ4n) is 0.249. The van der Waals surface area contributed by atoms with Gasteiger partial charge >= 0.3 is 0 Å². The van der Waals surface area contributed by atoms with E-state index in [1.165, 1.54) is 0 Å². The maximum Gasteiger partial charge on any atom is 0.152 e. The smallest absolute Gasteiger partial charge is 0.152 e. The summed E-state index contributed by atoms with van der Waals surface area (Å²) in [6, 6.07) is 0. The Morgan fingerprint density at radius 3 is 2.12 bits per heavy atom. The first kappa shape index (κ1) is 8.35. The molecule has 2 nitrogen and oxygen atoms in total. The number of rotatable bonds is 2. The van der Waals surface area contributed by atoms with Gasteiger partial charge in [0.1, 0.15) is 0 Å². The molecule has 50 valence electrons. The van der Waals surface area contributed by atoms with E-state index in [9.17, 15) is 0 Å². The topological polar surface area (TPSA) is 29.5 Å². The van der Waals surface area contributed by atoms with Gasteiger partial charge in [-0.2, -0.15) is 0 Å². The van der Waals surface area contributed by atoms with Crippen molar-refractivity contribution in [2.24, 2.45) is 5.41 Å². The molecule has 0 aromatic carbocycles. The van der Waals surface area contributed by atoms with Gasteiger partial charge in [0.05, 0.1) is 6.61 Å². The zero-order chi connectivity index (χ0) is 6.62. The summed E-state index contributed by atoms with van der Waals surface area (Å²) in [7, 11) is -0.369. The van der Waals surface area contributed by atoms with Crippen LogP contribution in [0.2, 0.25) is 0 Å². The van der Waals surface area contributed by atoms with Crippen LogP contribution in [0.1, 0.15) is 20.8 Å². The highest BCUT2D eigenvalue weighted by Gasteiger charge is 2.08. The lowest BCUT2D eigenvalue weighted by Crippen LogP contribution is -2.11. The van der Waals surface area contributed by atoms with Crippen LogP contribution in [-0.2, 0) is 4.52 Å². The molecule has 0 aliphatic heterocycles. The van der Waals surface area contributed by atoms with E-state index >= 15 is 0 Å². The summed E-state index contributed by atoms with van der Waals surface area (Å²) in [5, 5.41) is 0. The van der Waals surface area contributed by atoms with Crippen LogP contribution < -0.4 is 0 Å². The minimum atomic E-state index is -0.369. The second-order valence-corrected chi connectivity index (χ2v) is 3.41. The molecule has 1 atom stereocenters. The molecule has 1 unspecified atom stereocenters. The zero-order valence-electron chi connectivity index (χ0n) is 5.56. The zero-order valence-corrected chi connectivity index (χ0v) is 6.56. The molecule has 0 saturated heterocycles. The summed E-state index contributed by atoms with van der Waals surface area (Å²) in [5.41, 5.74) is 0.176. The van der Waals surface area contributed by atoms with Gasteiger partial charge in [0.2, 0.25) is 0 Å². The Hall–Kier alpha value is 0.350. The van der Waals surface area contributed by atoms with Crippen molar-refractivity contribution < 1.29 is 9.42 Å². The molecule has 3 heteroatoms. The van der Waals surface area contributed by atoms with Crippen LogP contribution in [0.3, 0.4) is 0 Å². The van der Waals surface area contributed by atoms with Crippen molar-refractivity contribution in [3.05, 3.63) is 0 Å². The third-order valence-corrected chi connectivity index (χ3v) is 0.843. The van der Waals surface area contributed by atoms with Crippen LogP contribution in [0, 0.1) is 5.41 Å². The van der Waals surface area contributed by atoms with Crippen LogP contribution in [0.5, 0.6) is 0 Å². The van der Waals surface area contributed by atoms with Gasteiger partial charge in [0.15, 0.2) is 9.03 Å². The van der Waals surface area contributed by atoms with E-state index < -0.39 is 0 Å². The van der Waals surface area contributed by atoms with E-state index in [1.807, 2.05) is 0 Å². The first-order valence-electron chi connectivity index (χ1n) is 2.57. The van der Waals surface area contributed by atoms with Gasteiger partial charge in [-0.1, -0.05) is 20.8 Å². The molecule has 0 radical (unpaired) electrons. The van der Waals surface area contributed by atoms with Gasteiger partial charge in [-0.05, 0) is 5.41 Å². The van der Waals surface area contributed by atoms with E-state index in [1.54, 1.807) is 0 Å². The van der Waals surface area contributed by atoms with Gasteiger partial charge in [-0.3, -0.25) is 0 Å². The molecule has 1 N–H and O–H groups in total. The Labute approximate surface area is 52.2 Å². The summed E-state index contributed by atoms with van der Waals surface area (Å²) in [6.07, 6.45) is 0. The maximum absolute atomic E-state index is 8.24. The summed E-state index contributed by atoms with van der Waals surface area (Å²) < 4.78 is 4.78. The lowest BCUT2D eigenvalue weighted by molar-refractivity contribution is 0.206. The Kier molecular flexibility index (Phi) is 3.54. The lowest BCUT2D eigenvalue weighted by Gasteiger charge is -2.15. The van der Waals surface area contributed by atoms with Crippen molar-refractivity contribution in [3.63, 3.8) is 0 Å². The van der Waals surface area contributed by atoms with Gasteiger partial charge in [-0.15, -0.1) is 0 Å². The summed E-state index contributed by atoms with van der Waals surface area (Å²) >= 11 is 0. The highest BCUT2D eigenvalue weighted by Crippen LogP contribution is 2.17. The average molecular weight is 136 g/mol. The monoisotopic (exact) mass is 136 g/mol. The molecule has 8 heavy (non-hydrogen) atoms. The summed E-state index contributed by atoms with van der Waals surface area (Å²) in [5.74, 6) is 0. The second kappa shape index (κ2) is 3.39. The van der Waals surface area contributed by atoms with Gasteiger partial charge in [0, 0.05) is 0 Å². The first-order chi connectivity index (χ1) is 3.56. The lowest BCUT2D eigenvalue weighted by atomic mass is 9.99. The third kappa shape index (κ3) is 6.35. The van der Waals surface area contributed by atoms with E-state index in [2.05, 4.69) is 20.8 Å². The molecule has 0 saturated carbocycles.